The maximum atomic E-state index is 4.57. The fourth-order valence-electron chi connectivity index (χ4n) is 2.61. The monoisotopic (exact) mass is 296 g/mol. The van der Waals surface area contributed by atoms with Crippen LogP contribution in [-0.2, 0) is 0 Å². The molecule has 2 rings (SSSR count). The normalized spacial score (nSPS) is 20.2. The van der Waals surface area contributed by atoms with Gasteiger partial charge in [-0.25, -0.2) is 4.98 Å². The number of thiazole rings is 1. The molecule has 4 nitrogen and oxygen atoms in total. The second-order valence-electron chi connectivity index (χ2n) is 6.50. The van der Waals surface area contributed by atoms with Crippen molar-refractivity contribution in [3.05, 3.63) is 16.1 Å². The van der Waals surface area contributed by atoms with Gasteiger partial charge < -0.3 is 10.2 Å². The summed E-state index contributed by atoms with van der Waals surface area (Å²) in [6, 6.07) is 0.326. The molecule has 1 saturated heterocycles. The average molecular weight is 296 g/mol. The average Bonchev–Trinajstić information content (AvgIpc) is 2.83. The van der Waals surface area contributed by atoms with Crippen LogP contribution in [0.5, 0.6) is 0 Å². The number of rotatable bonds is 5. The Morgan fingerprint density at radius 2 is 2.00 bits per heavy atom. The van der Waals surface area contributed by atoms with Crippen LogP contribution >= 0.6 is 11.3 Å². The van der Waals surface area contributed by atoms with Gasteiger partial charge in [-0.3, -0.25) is 4.90 Å². The predicted molar refractivity (Wildman–Crippen MR) is 86.4 cm³/mol. The summed E-state index contributed by atoms with van der Waals surface area (Å²) in [5.41, 5.74) is 1.36. The Bertz CT molecular complexity index is 421. The van der Waals surface area contributed by atoms with Gasteiger partial charge in [0.1, 0.15) is 0 Å². The lowest BCUT2D eigenvalue weighted by Crippen LogP contribution is -2.57. The van der Waals surface area contributed by atoms with Crippen LogP contribution in [0.3, 0.4) is 0 Å². The van der Waals surface area contributed by atoms with Crippen molar-refractivity contribution in [2.75, 3.05) is 39.8 Å². The number of hydrogen-bond donors (Lipinski definition) is 1. The quantitative estimate of drug-likeness (QED) is 0.902. The third-order valence-electron chi connectivity index (χ3n) is 4.28. The molecule has 1 aromatic heterocycles. The van der Waals surface area contributed by atoms with Crippen LogP contribution in [0.15, 0.2) is 5.38 Å². The van der Waals surface area contributed by atoms with Crippen LogP contribution < -0.4 is 5.32 Å². The van der Waals surface area contributed by atoms with Gasteiger partial charge in [-0.1, -0.05) is 0 Å². The first-order valence-corrected chi connectivity index (χ1v) is 8.35. The molecule has 1 N–H and O–H groups in total. The van der Waals surface area contributed by atoms with Gasteiger partial charge in [0, 0.05) is 49.7 Å². The number of aryl methyl sites for hydroxylation is 1. The van der Waals surface area contributed by atoms with Gasteiger partial charge in [0.15, 0.2) is 0 Å². The molecule has 5 heteroatoms. The van der Waals surface area contributed by atoms with Crippen molar-refractivity contribution < 1.29 is 0 Å². The first-order valence-electron chi connectivity index (χ1n) is 7.47. The van der Waals surface area contributed by atoms with E-state index in [1.807, 2.05) is 0 Å². The molecule has 1 atom stereocenters. The minimum Gasteiger partial charge on any atom is -0.307 e. The summed E-state index contributed by atoms with van der Waals surface area (Å²) in [4.78, 5) is 9.57. The van der Waals surface area contributed by atoms with Crippen molar-refractivity contribution in [2.45, 2.75) is 39.3 Å². The molecule has 1 unspecified atom stereocenters. The second-order valence-corrected chi connectivity index (χ2v) is 7.56. The first-order chi connectivity index (χ1) is 9.38. The third kappa shape index (κ3) is 4.01. The maximum Gasteiger partial charge on any atom is 0.0898 e. The van der Waals surface area contributed by atoms with E-state index in [0.29, 0.717) is 6.04 Å². The highest BCUT2D eigenvalue weighted by molar-refractivity contribution is 7.09. The van der Waals surface area contributed by atoms with Crippen LogP contribution in [0.1, 0.15) is 37.5 Å². The van der Waals surface area contributed by atoms with Crippen molar-refractivity contribution in [1.29, 1.82) is 0 Å². The van der Waals surface area contributed by atoms with E-state index in [4.69, 9.17) is 0 Å². The van der Waals surface area contributed by atoms with Crippen LogP contribution in [0, 0.1) is 6.92 Å². The molecule has 2 heterocycles. The Morgan fingerprint density at radius 3 is 2.55 bits per heavy atom. The summed E-state index contributed by atoms with van der Waals surface area (Å²) in [6.45, 7) is 14.6. The molecular weight excluding hydrogens is 268 g/mol. The lowest BCUT2D eigenvalue weighted by atomic mass is 10.0. The minimum atomic E-state index is 0.195. The number of likely N-dealkylation sites (N-methyl/N-ethyl adjacent to an activating group) is 1. The highest BCUT2D eigenvalue weighted by Gasteiger charge is 2.29. The van der Waals surface area contributed by atoms with Crippen LogP contribution in [0.4, 0.5) is 0 Å². The topological polar surface area (TPSA) is 31.4 Å². The number of nitrogens with one attached hydrogen (secondary N) is 1. The standard InChI is InChI=1S/C15H28N4S/c1-12(14-10-20-13(2)17-14)16-11-15(3,4)19-8-6-18(5)7-9-19/h10,12,16H,6-9,11H2,1-5H3. The van der Waals surface area contributed by atoms with E-state index in [9.17, 15) is 0 Å². The van der Waals surface area contributed by atoms with Crippen LogP contribution in [-0.4, -0.2) is 60.1 Å². The highest BCUT2D eigenvalue weighted by atomic mass is 32.1. The molecule has 1 aliphatic heterocycles. The van der Waals surface area contributed by atoms with Gasteiger partial charge in [-0.2, -0.15) is 0 Å². The molecule has 1 aliphatic rings. The summed E-state index contributed by atoms with van der Waals surface area (Å²) in [5.74, 6) is 0. The fourth-order valence-corrected chi connectivity index (χ4v) is 3.32. The zero-order chi connectivity index (χ0) is 14.8. The largest absolute Gasteiger partial charge is 0.307 e. The molecule has 0 amide bonds. The van der Waals surface area contributed by atoms with Crippen LogP contribution in [0.2, 0.25) is 0 Å². The summed E-state index contributed by atoms with van der Waals surface area (Å²) in [6.07, 6.45) is 0. The van der Waals surface area contributed by atoms with E-state index in [1.54, 1.807) is 11.3 Å². The zero-order valence-corrected chi connectivity index (χ0v) is 14.3. The predicted octanol–water partition coefficient (Wildman–Crippen LogP) is 2.13. The molecule has 0 aliphatic carbocycles. The fraction of sp³-hybridized carbons (Fsp3) is 0.800. The Labute approximate surface area is 127 Å². The molecular formula is C15H28N4S. The van der Waals surface area contributed by atoms with Crippen molar-refractivity contribution >= 4 is 11.3 Å². The smallest absolute Gasteiger partial charge is 0.0898 e. The summed E-state index contributed by atoms with van der Waals surface area (Å²) >= 11 is 1.73. The maximum absolute atomic E-state index is 4.57. The molecule has 0 spiro atoms. The molecule has 0 saturated carbocycles. The van der Waals surface area contributed by atoms with Gasteiger partial charge in [0.25, 0.3) is 0 Å². The lowest BCUT2D eigenvalue weighted by Gasteiger charge is -2.43. The number of aromatic nitrogens is 1. The molecule has 20 heavy (non-hydrogen) atoms. The Kier molecular flexibility index (Phi) is 5.18. The van der Waals surface area contributed by atoms with E-state index >= 15 is 0 Å². The first kappa shape index (κ1) is 15.9. The molecule has 1 fully saturated rings. The Morgan fingerprint density at radius 1 is 1.35 bits per heavy atom. The number of nitrogens with zero attached hydrogens (tertiary/aromatic N) is 3. The van der Waals surface area contributed by atoms with Crippen molar-refractivity contribution in [3.63, 3.8) is 0 Å². The van der Waals surface area contributed by atoms with Crippen molar-refractivity contribution in [3.8, 4) is 0 Å². The molecule has 0 bridgehead atoms. The van der Waals surface area contributed by atoms with Gasteiger partial charge in [-0.15, -0.1) is 11.3 Å². The zero-order valence-electron chi connectivity index (χ0n) is 13.4. The van der Waals surface area contributed by atoms with E-state index < -0.39 is 0 Å². The van der Waals surface area contributed by atoms with Crippen molar-refractivity contribution in [2.24, 2.45) is 0 Å². The molecule has 0 radical (unpaired) electrons. The minimum absolute atomic E-state index is 0.195. The van der Waals surface area contributed by atoms with Gasteiger partial charge in [-0.05, 0) is 34.7 Å². The van der Waals surface area contributed by atoms with Crippen molar-refractivity contribution in [1.82, 2.24) is 20.1 Å². The van der Waals surface area contributed by atoms with E-state index in [-0.39, 0.29) is 5.54 Å². The van der Waals surface area contributed by atoms with Gasteiger partial charge in [0.05, 0.1) is 10.7 Å². The number of hydrogen-bond acceptors (Lipinski definition) is 5. The van der Waals surface area contributed by atoms with E-state index in [2.05, 4.69) is 60.2 Å². The van der Waals surface area contributed by atoms with Gasteiger partial charge in [0.2, 0.25) is 0 Å². The molecule has 114 valence electrons. The highest BCUT2D eigenvalue weighted by Crippen LogP contribution is 2.19. The van der Waals surface area contributed by atoms with E-state index in [1.165, 1.54) is 18.8 Å². The number of piperazine rings is 1. The lowest BCUT2D eigenvalue weighted by molar-refractivity contribution is 0.0604. The summed E-state index contributed by atoms with van der Waals surface area (Å²) in [7, 11) is 2.20. The molecule has 1 aromatic rings. The second kappa shape index (κ2) is 6.52. The Hall–Kier alpha value is -0.490. The SMILES string of the molecule is Cc1nc(C(C)NCC(C)(C)N2CCN(C)CC2)cs1. The Balaban J connectivity index is 1.85. The third-order valence-corrected chi connectivity index (χ3v) is 5.07. The summed E-state index contributed by atoms with van der Waals surface area (Å²) < 4.78 is 0. The summed E-state index contributed by atoms with van der Waals surface area (Å²) in [5, 5.41) is 6.96. The van der Waals surface area contributed by atoms with Crippen LogP contribution in [0.25, 0.3) is 0 Å². The van der Waals surface area contributed by atoms with E-state index in [0.717, 1.165) is 24.6 Å². The molecule has 0 aromatic carbocycles. The van der Waals surface area contributed by atoms with Gasteiger partial charge >= 0.3 is 0 Å².